The normalized spacial score (nSPS) is 12.1. The summed E-state index contributed by atoms with van der Waals surface area (Å²) in [6.45, 7) is 7.93. The fourth-order valence-electron chi connectivity index (χ4n) is 5.43. The van der Waals surface area contributed by atoms with Crippen molar-refractivity contribution in [3.05, 3.63) is 168 Å². The van der Waals surface area contributed by atoms with Crippen LogP contribution in [0.15, 0.2) is 156 Å². The lowest BCUT2D eigenvalue weighted by molar-refractivity contribution is -0.119. The second-order valence-electron chi connectivity index (χ2n) is 12.3. The third kappa shape index (κ3) is 8.59. The van der Waals surface area contributed by atoms with Crippen LogP contribution in [0.5, 0.6) is 0 Å². The number of benzene rings is 5. The summed E-state index contributed by atoms with van der Waals surface area (Å²) in [6, 6.07) is 45.5. The van der Waals surface area contributed by atoms with Crippen LogP contribution in [0.2, 0.25) is 0 Å². The van der Waals surface area contributed by atoms with Gasteiger partial charge in [0.25, 0.3) is 0 Å². The van der Waals surface area contributed by atoms with Crippen molar-refractivity contribution in [2.45, 2.75) is 39.8 Å². The monoisotopic (exact) mass is 634 g/mol. The van der Waals surface area contributed by atoms with Crippen molar-refractivity contribution < 1.29 is 9.59 Å². The van der Waals surface area contributed by atoms with E-state index in [1.54, 1.807) is 12.1 Å². The average molecular weight is 635 g/mol. The molecule has 0 heterocycles. The van der Waals surface area contributed by atoms with Crippen LogP contribution in [0.1, 0.15) is 49.9 Å². The summed E-state index contributed by atoms with van der Waals surface area (Å²) in [6.07, 6.45) is 0. The Balaban J connectivity index is 1.43. The van der Waals surface area contributed by atoms with Gasteiger partial charge in [-0.25, -0.2) is 0 Å². The van der Waals surface area contributed by atoms with Crippen LogP contribution in [0.3, 0.4) is 0 Å². The molecule has 0 saturated heterocycles. The number of hydrogen-bond donors (Lipinski definition) is 2. The van der Waals surface area contributed by atoms with Crippen LogP contribution in [0.25, 0.3) is 0 Å². The third-order valence-electron chi connectivity index (χ3n) is 7.97. The van der Waals surface area contributed by atoms with Gasteiger partial charge in [0.15, 0.2) is 0 Å². The van der Waals surface area contributed by atoms with Gasteiger partial charge in [-0.3, -0.25) is 19.6 Å². The molecule has 5 aromatic carbocycles. The van der Waals surface area contributed by atoms with Crippen LogP contribution < -0.4 is 10.6 Å². The molecule has 5 aromatic rings. The Labute approximate surface area is 283 Å². The smallest absolute Gasteiger partial charge is 0.249 e. The second-order valence-corrected chi connectivity index (χ2v) is 12.3. The minimum absolute atomic E-state index is 0.0942. The molecule has 0 aliphatic rings. The number of anilines is 2. The first-order chi connectivity index (χ1) is 23.3. The van der Waals surface area contributed by atoms with Gasteiger partial charge in [0.05, 0.1) is 22.8 Å². The molecule has 6 nitrogen and oxygen atoms in total. The molecule has 5 rings (SSSR count). The zero-order chi connectivity index (χ0) is 33.9. The van der Waals surface area contributed by atoms with E-state index in [-0.39, 0.29) is 23.7 Å². The van der Waals surface area contributed by atoms with Gasteiger partial charge in [-0.05, 0) is 24.0 Å². The van der Waals surface area contributed by atoms with Crippen molar-refractivity contribution >= 4 is 34.6 Å². The highest BCUT2D eigenvalue weighted by Gasteiger charge is 2.26. The summed E-state index contributed by atoms with van der Waals surface area (Å²) in [5.41, 5.74) is 6.21. The van der Waals surface area contributed by atoms with E-state index < -0.39 is 12.1 Å². The Morgan fingerprint density at radius 3 is 0.917 bits per heavy atom. The predicted octanol–water partition coefficient (Wildman–Crippen LogP) is 8.69. The van der Waals surface area contributed by atoms with Crippen molar-refractivity contribution in [1.82, 2.24) is 0 Å². The Morgan fingerprint density at radius 2 is 0.667 bits per heavy atom. The SMILES string of the molecule is CC(C)[C@H](N=C(c1ccccc1)c1ccccc1)C(=O)Nc1ccccc1NC(=O)[C@@H](N=C(c1ccccc1)c1ccccc1)C(C)C. The van der Waals surface area contributed by atoms with E-state index in [4.69, 9.17) is 9.98 Å². The third-order valence-corrected chi connectivity index (χ3v) is 7.97. The van der Waals surface area contributed by atoms with E-state index in [1.807, 2.05) is 161 Å². The molecular formula is C42H42N4O2. The van der Waals surface area contributed by atoms with E-state index in [9.17, 15) is 9.59 Å². The first-order valence-electron chi connectivity index (χ1n) is 16.4. The minimum atomic E-state index is -0.684. The van der Waals surface area contributed by atoms with Crippen molar-refractivity contribution in [2.24, 2.45) is 21.8 Å². The fourth-order valence-corrected chi connectivity index (χ4v) is 5.43. The summed E-state index contributed by atoms with van der Waals surface area (Å²) >= 11 is 0. The van der Waals surface area contributed by atoms with E-state index in [2.05, 4.69) is 10.6 Å². The number of para-hydroxylation sites is 2. The molecule has 0 bridgehead atoms. The fraction of sp³-hybridized carbons (Fsp3) is 0.190. The summed E-state index contributed by atoms with van der Waals surface area (Å²) in [4.78, 5) is 38.0. The van der Waals surface area contributed by atoms with E-state index in [1.165, 1.54) is 0 Å². The number of carbonyl (C=O) groups excluding carboxylic acids is 2. The second kappa shape index (κ2) is 16.3. The summed E-state index contributed by atoms with van der Waals surface area (Å²) in [7, 11) is 0. The van der Waals surface area contributed by atoms with Gasteiger partial charge in [0.1, 0.15) is 12.1 Å². The number of rotatable bonds is 12. The van der Waals surface area contributed by atoms with Crippen LogP contribution in [0.4, 0.5) is 11.4 Å². The Hall–Kier alpha value is -5.62. The summed E-state index contributed by atoms with van der Waals surface area (Å²) < 4.78 is 0. The Morgan fingerprint density at radius 1 is 0.417 bits per heavy atom. The number of aliphatic imine (C=N–C) groups is 2. The van der Waals surface area contributed by atoms with E-state index in [0.29, 0.717) is 11.4 Å². The molecule has 0 aromatic heterocycles. The van der Waals surface area contributed by atoms with Crippen molar-refractivity contribution in [3.8, 4) is 0 Å². The van der Waals surface area contributed by atoms with Crippen molar-refractivity contribution in [3.63, 3.8) is 0 Å². The van der Waals surface area contributed by atoms with Crippen molar-refractivity contribution in [2.75, 3.05) is 10.6 Å². The molecule has 0 spiro atoms. The van der Waals surface area contributed by atoms with Crippen LogP contribution in [-0.4, -0.2) is 35.3 Å². The highest BCUT2D eigenvalue weighted by molar-refractivity contribution is 6.15. The molecule has 0 radical (unpaired) electrons. The highest BCUT2D eigenvalue weighted by atomic mass is 16.2. The van der Waals surface area contributed by atoms with E-state index in [0.717, 1.165) is 33.7 Å². The number of amides is 2. The molecule has 0 aliphatic heterocycles. The molecule has 48 heavy (non-hydrogen) atoms. The highest BCUT2D eigenvalue weighted by Crippen LogP contribution is 2.25. The molecule has 2 atom stereocenters. The summed E-state index contributed by atoms with van der Waals surface area (Å²) in [5.74, 6) is -0.707. The molecule has 0 saturated carbocycles. The Bertz CT molecular complexity index is 1630. The van der Waals surface area contributed by atoms with Crippen LogP contribution >= 0.6 is 0 Å². The van der Waals surface area contributed by atoms with Gasteiger partial charge in [-0.1, -0.05) is 161 Å². The largest absolute Gasteiger partial charge is 0.322 e. The molecule has 0 aliphatic carbocycles. The number of nitrogens with zero attached hydrogens (tertiary/aromatic N) is 2. The summed E-state index contributed by atoms with van der Waals surface area (Å²) in [5, 5.41) is 6.14. The maximum Gasteiger partial charge on any atom is 0.249 e. The van der Waals surface area contributed by atoms with Gasteiger partial charge in [-0.2, -0.15) is 0 Å². The topological polar surface area (TPSA) is 82.9 Å². The van der Waals surface area contributed by atoms with E-state index >= 15 is 0 Å². The molecule has 0 fully saturated rings. The molecular weight excluding hydrogens is 592 g/mol. The van der Waals surface area contributed by atoms with Crippen LogP contribution in [0, 0.1) is 11.8 Å². The molecule has 2 amide bonds. The van der Waals surface area contributed by atoms with Crippen molar-refractivity contribution in [1.29, 1.82) is 0 Å². The first kappa shape index (κ1) is 33.7. The first-order valence-corrected chi connectivity index (χ1v) is 16.4. The standard InChI is InChI=1S/C42H42N4O2/c1-29(2)37(45-39(31-19-9-5-10-20-31)32-21-11-6-12-22-32)41(47)43-35-27-17-18-28-36(35)44-42(48)38(30(3)4)46-40(33-23-13-7-14-24-33)34-25-15-8-16-26-34/h5-30,37-38H,1-4H3,(H,43,47)(H,44,48)/t37-,38-/m0/s1. The molecule has 2 N–H and O–H groups in total. The zero-order valence-electron chi connectivity index (χ0n) is 27.9. The van der Waals surface area contributed by atoms with Gasteiger partial charge in [0, 0.05) is 22.3 Å². The predicted molar refractivity (Wildman–Crippen MR) is 198 cm³/mol. The minimum Gasteiger partial charge on any atom is -0.322 e. The lowest BCUT2D eigenvalue weighted by Crippen LogP contribution is -2.34. The van der Waals surface area contributed by atoms with Gasteiger partial charge in [0.2, 0.25) is 11.8 Å². The maximum atomic E-state index is 13.9. The van der Waals surface area contributed by atoms with Gasteiger partial charge >= 0.3 is 0 Å². The quantitative estimate of drug-likeness (QED) is 0.135. The molecule has 6 heteroatoms. The number of hydrogen-bond acceptors (Lipinski definition) is 4. The lowest BCUT2D eigenvalue weighted by Gasteiger charge is -2.22. The zero-order valence-corrected chi connectivity index (χ0v) is 27.9. The van der Waals surface area contributed by atoms with Crippen LogP contribution in [-0.2, 0) is 9.59 Å². The average Bonchev–Trinajstić information content (AvgIpc) is 3.11. The van der Waals surface area contributed by atoms with Gasteiger partial charge < -0.3 is 10.6 Å². The number of nitrogens with one attached hydrogen (secondary N) is 2. The lowest BCUT2D eigenvalue weighted by atomic mass is 9.99. The maximum absolute atomic E-state index is 13.9. The Kier molecular flexibility index (Phi) is 11.4. The molecule has 242 valence electrons. The number of carbonyl (C=O) groups is 2. The van der Waals surface area contributed by atoms with Gasteiger partial charge in [-0.15, -0.1) is 0 Å². The molecule has 0 unspecified atom stereocenters.